The SMILES string of the molecule is CNC(=O)CCc1c2n(c(=O)c3cc(Cl)ccc13)CCc1ccc(C(=O)OC)cc1-2. The van der Waals surface area contributed by atoms with E-state index in [1.807, 2.05) is 12.1 Å². The first-order chi connectivity index (χ1) is 14.4. The van der Waals surface area contributed by atoms with Crippen LogP contribution in [0.4, 0.5) is 0 Å². The minimum absolute atomic E-state index is 0.0820. The molecule has 1 aliphatic rings. The van der Waals surface area contributed by atoms with Gasteiger partial charge in [-0.3, -0.25) is 9.59 Å². The zero-order chi connectivity index (χ0) is 21.4. The predicted molar refractivity (Wildman–Crippen MR) is 116 cm³/mol. The van der Waals surface area contributed by atoms with Gasteiger partial charge < -0.3 is 14.6 Å². The molecule has 1 aromatic heterocycles. The highest BCUT2D eigenvalue weighted by Crippen LogP contribution is 2.36. The minimum Gasteiger partial charge on any atom is -0.465 e. The van der Waals surface area contributed by atoms with Crippen LogP contribution in [0.1, 0.15) is 27.9 Å². The summed E-state index contributed by atoms with van der Waals surface area (Å²) in [6.07, 6.45) is 1.41. The molecule has 0 saturated carbocycles. The van der Waals surface area contributed by atoms with Gasteiger partial charge >= 0.3 is 5.97 Å². The van der Waals surface area contributed by atoms with Gasteiger partial charge in [-0.05, 0) is 53.6 Å². The molecule has 0 spiro atoms. The van der Waals surface area contributed by atoms with Crippen LogP contribution in [0, 0.1) is 0 Å². The van der Waals surface area contributed by atoms with Gasteiger partial charge in [-0.25, -0.2) is 4.79 Å². The largest absolute Gasteiger partial charge is 0.465 e. The van der Waals surface area contributed by atoms with E-state index in [9.17, 15) is 14.4 Å². The van der Waals surface area contributed by atoms with Crippen LogP contribution in [-0.2, 0) is 28.9 Å². The molecule has 0 atom stereocenters. The van der Waals surface area contributed by atoms with E-state index >= 15 is 0 Å². The first-order valence-electron chi connectivity index (χ1n) is 9.71. The first-order valence-corrected chi connectivity index (χ1v) is 10.1. The molecule has 1 amide bonds. The molecule has 2 heterocycles. The van der Waals surface area contributed by atoms with Crippen molar-refractivity contribution in [1.29, 1.82) is 0 Å². The first kappa shape index (κ1) is 20.2. The third-order valence-electron chi connectivity index (χ3n) is 5.61. The maximum atomic E-state index is 13.3. The molecule has 6 nitrogen and oxygen atoms in total. The average molecular weight is 425 g/mol. The molecule has 0 aliphatic carbocycles. The number of nitrogens with zero attached hydrogens (tertiary/aromatic N) is 1. The number of hydrogen-bond acceptors (Lipinski definition) is 4. The van der Waals surface area contributed by atoms with Crippen molar-refractivity contribution in [3.8, 4) is 11.3 Å². The van der Waals surface area contributed by atoms with Crippen molar-refractivity contribution in [2.45, 2.75) is 25.8 Å². The topological polar surface area (TPSA) is 77.4 Å². The Kier molecular flexibility index (Phi) is 5.35. The number of halogens is 1. The lowest BCUT2D eigenvalue weighted by Crippen LogP contribution is -2.28. The van der Waals surface area contributed by atoms with E-state index in [0.717, 1.165) is 27.8 Å². The summed E-state index contributed by atoms with van der Waals surface area (Å²) < 4.78 is 6.61. The number of ether oxygens (including phenoxy) is 1. The quantitative estimate of drug-likeness (QED) is 0.651. The summed E-state index contributed by atoms with van der Waals surface area (Å²) in [6.45, 7) is 0.522. The minimum atomic E-state index is -0.434. The Morgan fingerprint density at radius 3 is 2.70 bits per heavy atom. The summed E-state index contributed by atoms with van der Waals surface area (Å²) in [7, 11) is 2.94. The van der Waals surface area contributed by atoms with Crippen molar-refractivity contribution in [3.05, 3.63) is 68.5 Å². The Bertz CT molecular complexity index is 1250. The molecule has 2 aromatic carbocycles. The lowest BCUT2D eigenvalue weighted by atomic mass is 9.89. The van der Waals surface area contributed by atoms with E-state index in [-0.39, 0.29) is 17.9 Å². The molecular formula is C23H21ClN2O4. The van der Waals surface area contributed by atoms with E-state index < -0.39 is 5.97 Å². The van der Waals surface area contributed by atoms with Gasteiger partial charge in [0.25, 0.3) is 5.56 Å². The zero-order valence-corrected chi connectivity index (χ0v) is 17.5. The Hall–Kier alpha value is -3.12. The highest BCUT2D eigenvalue weighted by Gasteiger charge is 2.25. The number of rotatable bonds is 4. The standard InChI is InChI=1S/C23H21ClN2O4/c1-25-20(27)8-7-17-16-6-5-15(24)12-19(16)22(28)26-10-9-13-3-4-14(23(29)30-2)11-18(13)21(17)26/h3-6,11-12H,7-10H2,1-2H3,(H,25,27). The maximum Gasteiger partial charge on any atom is 0.337 e. The Morgan fingerprint density at radius 2 is 1.97 bits per heavy atom. The van der Waals surface area contributed by atoms with Crippen molar-refractivity contribution in [1.82, 2.24) is 9.88 Å². The molecule has 1 aliphatic heterocycles. The fourth-order valence-corrected chi connectivity index (χ4v) is 4.30. The van der Waals surface area contributed by atoms with Crippen LogP contribution < -0.4 is 10.9 Å². The van der Waals surface area contributed by atoms with E-state index in [1.54, 1.807) is 35.9 Å². The number of amides is 1. The molecule has 4 rings (SSSR count). The number of aromatic nitrogens is 1. The lowest BCUT2D eigenvalue weighted by Gasteiger charge is -2.26. The molecule has 154 valence electrons. The molecule has 7 heteroatoms. The van der Waals surface area contributed by atoms with Gasteiger partial charge in [0, 0.05) is 36.0 Å². The van der Waals surface area contributed by atoms with E-state index in [1.165, 1.54) is 7.11 Å². The second-order valence-electron chi connectivity index (χ2n) is 7.26. The number of aryl methyl sites for hydroxylation is 2. The highest BCUT2D eigenvalue weighted by molar-refractivity contribution is 6.31. The normalized spacial score (nSPS) is 12.2. The smallest absolute Gasteiger partial charge is 0.337 e. The summed E-state index contributed by atoms with van der Waals surface area (Å²) in [6, 6.07) is 10.7. The maximum absolute atomic E-state index is 13.3. The zero-order valence-electron chi connectivity index (χ0n) is 16.8. The van der Waals surface area contributed by atoms with Gasteiger partial charge in [-0.2, -0.15) is 0 Å². The van der Waals surface area contributed by atoms with Crippen LogP contribution in [0.25, 0.3) is 22.0 Å². The molecular weight excluding hydrogens is 404 g/mol. The summed E-state index contributed by atoms with van der Waals surface area (Å²) in [4.78, 5) is 37.4. The number of methoxy groups -OCH3 is 1. The van der Waals surface area contributed by atoms with Crippen LogP contribution in [-0.4, -0.2) is 30.6 Å². The number of carbonyl (C=O) groups excluding carboxylic acids is 2. The van der Waals surface area contributed by atoms with Crippen LogP contribution in [0.2, 0.25) is 5.02 Å². The monoisotopic (exact) mass is 424 g/mol. The fraction of sp³-hybridized carbons (Fsp3) is 0.261. The predicted octanol–water partition coefficient (Wildman–Crippen LogP) is 3.34. The Balaban J connectivity index is 2.03. The average Bonchev–Trinajstić information content (AvgIpc) is 2.77. The third-order valence-corrected chi connectivity index (χ3v) is 5.84. The number of hydrogen-bond donors (Lipinski definition) is 1. The Labute approximate surface area is 178 Å². The molecule has 1 N–H and O–H groups in total. The van der Waals surface area contributed by atoms with Gasteiger partial charge in [0.05, 0.1) is 18.4 Å². The number of nitrogens with one attached hydrogen (secondary N) is 1. The number of fused-ring (bicyclic) bond motifs is 4. The number of esters is 1. The summed E-state index contributed by atoms with van der Waals surface area (Å²) in [5, 5.41) is 4.44. The van der Waals surface area contributed by atoms with Gasteiger partial charge in [0.2, 0.25) is 5.91 Å². The molecule has 0 radical (unpaired) electrons. The van der Waals surface area contributed by atoms with E-state index in [0.29, 0.717) is 35.4 Å². The lowest BCUT2D eigenvalue weighted by molar-refractivity contribution is -0.120. The third kappa shape index (κ3) is 3.37. The van der Waals surface area contributed by atoms with E-state index in [4.69, 9.17) is 16.3 Å². The van der Waals surface area contributed by atoms with Crippen LogP contribution in [0.3, 0.4) is 0 Å². The molecule has 0 saturated heterocycles. The highest BCUT2D eigenvalue weighted by atomic mass is 35.5. The number of pyridine rings is 1. The second kappa shape index (κ2) is 7.95. The second-order valence-corrected chi connectivity index (χ2v) is 7.70. The van der Waals surface area contributed by atoms with Crippen molar-refractivity contribution >= 4 is 34.2 Å². The number of benzene rings is 2. The molecule has 0 fully saturated rings. The molecule has 3 aromatic rings. The van der Waals surface area contributed by atoms with Gasteiger partial charge in [0.1, 0.15) is 0 Å². The van der Waals surface area contributed by atoms with Crippen molar-refractivity contribution in [2.24, 2.45) is 0 Å². The molecule has 0 unspecified atom stereocenters. The van der Waals surface area contributed by atoms with Crippen LogP contribution >= 0.6 is 11.6 Å². The van der Waals surface area contributed by atoms with Crippen LogP contribution in [0.5, 0.6) is 0 Å². The fourth-order valence-electron chi connectivity index (χ4n) is 4.12. The summed E-state index contributed by atoms with van der Waals surface area (Å²) in [5.74, 6) is -0.516. The van der Waals surface area contributed by atoms with Gasteiger partial charge in [0.15, 0.2) is 0 Å². The van der Waals surface area contributed by atoms with Crippen LogP contribution in [0.15, 0.2) is 41.2 Å². The van der Waals surface area contributed by atoms with Gasteiger partial charge in [-0.15, -0.1) is 0 Å². The molecule has 30 heavy (non-hydrogen) atoms. The van der Waals surface area contributed by atoms with Crippen molar-refractivity contribution in [2.75, 3.05) is 14.2 Å². The van der Waals surface area contributed by atoms with Crippen molar-refractivity contribution in [3.63, 3.8) is 0 Å². The van der Waals surface area contributed by atoms with Crippen molar-refractivity contribution < 1.29 is 14.3 Å². The van der Waals surface area contributed by atoms with Gasteiger partial charge in [-0.1, -0.05) is 23.7 Å². The Morgan fingerprint density at radius 1 is 1.17 bits per heavy atom. The summed E-state index contributed by atoms with van der Waals surface area (Å²) >= 11 is 6.17. The summed E-state index contributed by atoms with van der Waals surface area (Å²) in [5.41, 5.74) is 3.83. The van der Waals surface area contributed by atoms with E-state index in [2.05, 4.69) is 5.32 Å². The molecule has 0 bridgehead atoms. The number of carbonyl (C=O) groups is 2.